The molecule has 0 aliphatic heterocycles. The molecule has 5 nitrogen and oxygen atoms in total. The van der Waals surface area contributed by atoms with E-state index in [4.69, 9.17) is 9.47 Å². The molecule has 1 aromatic rings. The minimum atomic E-state index is -0.228. The van der Waals surface area contributed by atoms with Crippen molar-refractivity contribution < 1.29 is 9.47 Å². The monoisotopic (exact) mass is 335 g/mol. The van der Waals surface area contributed by atoms with E-state index >= 15 is 0 Å². The van der Waals surface area contributed by atoms with Gasteiger partial charge in [-0.3, -0.25) is 0 Å². The number of aliphatic imine (C=N–C) groups is 1. The predicted molar refractivity (Wildman–Crippen MR) is 100 cm³/mol. The number of nitrogens with one attached hydrogen (secondary N) is 2. The quantitative estimate of drug-likeness (QED) is 0.538. The smallest absolute Gasteiger partial charge is 0.191 e. The lowest BCUT2D eigenvalue weighted by atomic mass is 10.1. The number of guanidine groups is 1. The molecule has 2 N–H and O–H groups in total. The highest BCUT2D eigenvalue weighted by molar-refractivity contribution is 5.79. The Bertz CT molecular complexity index is 496. The van der Waals surface area contributed by atoms with Gasteiger partial charge in [-0.2, -0.15) is 0 Å². The van der Waals surface area contributed by atoms with Gasteiger partial charge in [0.2, 0.25) is 0 Å². The van der Waals surface area contributed by atoms with E-state index in [0.29, 0.717) is 19.7 Å². The summed E-state index contributed by atoms with van der Waals surface area (Å²) in [5.41, 5.74) is 2.13. The van der Waals surface area contributed by atoms with Crippen LogP contribution in [-0.4, -0.2) is 37.9 Å². The van der Waals surface area contributed by atoms with Crippen molar-refractivity contribution >= 4 is 5.96 Å². The highest BCUT2D eigenvalue weighted by Crippen LogP contribution is 2.08. The van der Waals surface area contributed by atoms with Crippen LogP contribution in [-0.2, 0) is 22.6 Å². The Kier molecular flexibility index (Phi) is 8.79. The molecule has 136 valence electrons. The third-order valence-corrected chi connectivity index (χ3v) is 3.60. The lowest BCUT2D eigenvalue weighted by molar-refractivity contribution is 0.0268. The van der Waals surface area contributed by atoms with Crippen LogP contribution < -0.4 is 10.6 Å². The van der Waals surface area contributed by atoms with Crippen LogP contribution in [0.4, 0.5) is 0 Å². The average Bonchev–Trinajstić information content (AvgIpc) is 2.56. The van der Waals surface area contributed by atoms with Gasteiger partial charge in [-0.15, -0.1) is 0 Å². The topological polar surface area (TPSA) is 54.9 Å². The molecule has 0 fully saturated rings. The SMILES string of the molecule is CCNC(=NCc1ccc(COC(C)C)cc1)NCC(C)(C)OC. The molecule has 0 heterocycles. The van der Waals surface area contributed by atoms with Crippen molar-refractivity contribution in [3.63, 3.8) is 0 Å². The Morgan fingerprint density at radius 2 is 1.75 bits per heavy atom. The summed E-state index contributed by atoms with van der Waals surface area (Å²) in [5, 5.41) is 6.58. The van der Waals surface area contributed by atoms with Crippen LogP contribution in [0.2, 0.25) is 0 Å². The lowest BCUT2D eigenvalue weighted by Gasteiger charge is -2.24. The van der Waals surface area contributed by atoms with E-state index in [2.05, 4.69) is 46.8 Å². The summed E-state index contributed by atoms with van der Waals surface area (Å²) in [6.07, 6.45) is 0.249. The first-order chi connectivity index (χ1) is 11.4. The third-order valence-electron chi connectivity index (χ3n) is 3.60. The van der Waals surface area contributed by atoms with Gasteiger partial charge in [-0.25, -0.2) is 4.99 Å². The molecule has 0 amide bonds. The molecule has 0 radical (unpaired) electrons. The van der Waals surface area contributed by atoms with Crippen LogP contribution in [0.25, 0.3) is 0 Å². The summed E-state index contributed by atoms with van der Waals surface area (Å²) in [5.74, 6) is 0.801. The van der Waals surface area contributed by atoms with Crippen LogP contribution in [0, 0.1) is 0 Å². The second-order valence-electron chi connectivity index (χ2n) is 6.69. The van der Waals surface area contributed by atoms with Crippen molar-refractivity contribution in [3.05, 3.63) is 35.4 Å². The number of benzene rings is 1. The van der Waals surface area contributed by atoms with E-state index in [0.717, 1.165) is 12.5 Å². The first-order valence-electron chi connectivity index (χ1n) is 8.63. The van der Waals surface area contributed by atoms with Crippen molar-refractivity contribution in [3.8, 4) is 0 Å². The molecule has 1 aromatic carbocycles. The molecule has 0 aliphatic carbocycles. The first kappa shape index (κ1) is 20.5. The predicted octanol–water partition coefficient (Wildman–Crippen LogP) is 3.09. The summed E-state index contributed by atoms with van der Waals surface area (Å²) in [7, 11) is 1.72. The van der Waals surface area contributed by atoms with Gasteiger partial charge in [0, 0.05) is 20.2 Å². The second kappa shape index (κ2) is 10.3. The molecule has 24 heavy (non-hydrogen) atoms. The Balaban J connectivity index is 2.58. The van der Waals surface area contributed by atoms with Crippen molar-refractivity contribution in [1.82, 2.24) is 10.6 Å². The van der Waals surface area contributed by atoms with Crippen molar-refractivity contribution in [1.29, 1.82) is 0 Å². The number of ether oxygens (including phenoxy) is 2. The maximum absolute atomic E-state index is 5.61. The van der Waals surface area contributed by atoms with Crippen molar-refractivity contribution in [2.24, 2.45) is 4.99 Å². The maximum Gasteiger partial charge on any atom is 0.191 e. The summed E-state index contributed by atoms with van der Waals surface area (Å²) < 4.78 is 11.0. The van der Waals surface area contributed by atoms with E-state index in [1.165, 1.54) is 11.1 Å². The zero-order chi connectivity index (χ0) is 18.0. The molecular weight excluding hydrogens is 302 g/mol. The van der Waals surface area contributed by atoms with E-state index in [1.54, 1.807) is 7.11 Å². The number of rotatable bonds is 9. The first-order valence-corrected chi connectivity index (χ1v) is 8.63. The molecule has 0 saturated carbocycles. The lowest BCUT2D eigenvalue weighted by Crippen LogP contribution is -2.45. The fourth-order valence-electron chi connectivity index (χ4n) is 1.88. The highest BCUT2D eigenvalue weighted by Gasteiger charge is 2.16. The largest absolute Gasteiger partial charge is 0.377 e. The Labute approximate surface area is 146 Å². The number of methoxy groups -OCH3 is 1. The van der Waals surface area contributed by atoms with E-state index in [1.807, 2.05) is 27.7 Å². The van der Waals surface area contributed by atoms with Gasteiger partial charge in [0.05, 0.1) is 24.9 Å². The summed E-state index contributed by atoms with van der Waals surface area (Å²) in [6.45, 7) is 13.0. The van der Waals surface area contributed by atoms with Gasteiger partial charge < -0.3 is 20.1 Å². The molecule has 0 bridgehead atoms. The van der Waals surface area contributed by atoms with Gasteiger partial charge in [0.1, 0.15) is 0 Å². The molecule has 5 heteroatoms. The minimum Gasteiger partial charge on any atom is -0.377 e. The zero-order valence-electron chi connectivity index (χ0n) is 16.0. The molecular formula is C19H33N3O2. The number of nitrogens with zero attached hydrogens (tertiary/aromatic N) is 1. The minimum absolute atomic E-state index is 0.228. The van der Waals surface area contributed by atoms with Crippen LogP contribution >= 0.6 is 0 Å². The summed E-state index contributed by atoms with van der Waals surface area (Å²) >= 11 is 0. The number of hydrogen-bond acceptors (Lipinski definition) is 3. The fourth-order valence-corrected chi connectivity index (χ4v) is 1.88. The van der Waals surface area contributed by atoms with Crippen LogP contribution in [0.1, 0.15) is 45.7 Å². The van der Waals surface area contributed by atoms with E-state index in [9.17, 15) is 0 Å². The van der Waals surface area contributed by atoms with Crippen molar-refractivity contribution in [2.75, 3.05) is 20.2 Å². The van der Waals surface area contributed by atoms with Gasteiger partial charge >= 0.3 is 0 Å². The standard InChI is InChI=1S/C19H33N3O2/c1-7-20-18(22-14-19(4,5)23-6)21-12-16-8-10-17(11-9-16)13-24-15(2)3/h8-11,15H,7,12-14H2,1-6H3,(H2,20,21,22). The molecule has 0 aliphatic rings. The van der Waals surface area contributed by atoms with Gasteiger partial charge in [-0.1, -0.05) is 24.3 Å². The molecule has 0 saturated heterocycles. The maximum atomic E-state index is 5.61. The van der Waals surface area contributed by atoms with Crippen LogP contribution in [0.15, 0.2) is 29.3 Å². The number of hydrogen-bond donors (Lipinski definition) is 2. The van der Waals surface area contributed by atoms with Gasteiger partial charge in [-0.05, 0) is 45.7 Å². The molecule has 1 rings (SSSR count). The molecule has 0 unspecified atom stereocenters. The third kappa shape index (κ3) is 8.31. The summed E-state index contributed by atoms with van der Waals surface area (Å²) in [4.78, 5) is 4.63. The van der Waals surface area contributed by atoms with Crippen molar-refractivity contribution in [2.45, 2.75) is 59.5 Å². The highest BCUT2D eigenvalue weighted by atomic mass is 16.5. The van der Waals surface area contributed by atoms with E-state index < -0.39 is 0 Å². The zero-order valence-corrected chi connectivity index (χ0v) is 16.0. The summed E-state index contributed by atoms with van der Waals surface area (Å²) in [6, 6.07) is 8.40. The Morgan fingerprint density at radius 3 is 2.29 bits per heavy atom. The Morgan fingerprint density at radius 1 is 1.12 bits per heavy atom. The fraction of sp³-hybridized carbons (Fsp3) is 0.632. The molecule has 0 spiro atoms. The van der Waals surface area contributed by atoms with Crippen LogP contribution in [0.5, 0.6) is 0 Å². The van der Waals surface area contributed by atoms with Gasteiger partial charge in [0.25, 0.3) is 0 Å². The normalized spacial score (nSPS) is 12.5. The van der Waals surface area contributed by atoms with Gasteiger partial charge in [0.15, 0.2) is 5.96 Å². The molecule has 0 atom stereocenters. The van der Waals surface area contributed by atoms with E-state index in [-0.39, 0.29) is 11.7 Å². The van der Waals surface area contributed by atoms with Crippen LogP contribution in [0.3, 0.4) is 0 Å². The molecule has 0 aromatic heterocycles. The second-order valence-corrected chi connectivity index (χ2v) is 6.69. The average molecular weight is 335 g/mol. The Hall–Kier alpha value is -1.59.